The molecule has 1 fully saturated rings. The van der Waals surface area contributed by atoms with Crippen LogP contribution in [0.1, 0.15) is 52.4 Å². The lowest BCUT2D eigenvalue weighted by atomic mass is 9.85. The summed E-state index contributed by atoms with van der Waals surface area (Å²) in [5, 5.41) is 8.93. The second-order valence-corrected chi connectivity index (χ2v) is 5.42. The van der Waals surface area contributed by atoms with Crippen molar-refractivity contribution >= 4 is 5.97 Å². The number of hydrogen-bond donors (Lipinski definition) is 2. The summed E-state index contributed by atoms with van der Waals surface area (Å²) in [5.41, 5.74) is 4.68. The van der Waals surface area contributed by atoms with Crippen LogP contribution in [0.3, 0.4) is 0 Å². The average molecular weight is 213 g/mol. The summed E-state index contributed by atoms with van der Waals surface area (Å²) in [5.74, 6) is 0.338. The minimum absolute atomic E-state index is 0.416. The predicted molar refractivity (Wildman–Crippen MR) is 60.6 cm³/mol. The zero-order chi connectivity index (χ0) is 11.5. The van der Waals surface area contributed by atoms with Gasteiger partial charge >= 0.3 is 5.97 Å². The number of carboxylic acid groups (broad SMARTS) is 1. The molecule has 0 aromatic heterocycles. The van der Waals surface area contributed by atoms with Crippen molar-refractivity contribution < 1.29 is 9.90 Å². The van der Waals surface area contributed by atoms with Crippen LogP contribution in [0.2, 0.25) is 0 Å². The molecule has 0 aliphatic heterocycles. The monoisotopic (exact) mass is 213 g/mol. The van der Waals surface area contributed by atoms with Gasteiger partial charge in [-0.2, -0.15) is 0 Å². The van der Waals surface area contributed by atoms with Crippen LogP contribution in [0, 0.1) is 11.8 Å². The Morgan fingerprint density at radius 3 is 2.53 bits per heavy atom. The lowest BCUT2D eigenvalue weighted by Gasteiger charge is -2.25. The van der Waals surface area contributed by atoms with Crippen LogP contribution >= 0.6 is 0 Å². The normalized spacial score (nSPS) is 23.7. The quantitative estimate of drug-likeness (QED) is 0.737. The molecule has 3 N–H and O–H groups in total. The highest BCUT2D eigenvalue weighted by molar-refractivity contribution is 5.77. The molecule has 1 aliphatic carbocycles. The summed E-state index contributed by atoms with van der Waals surface area (Å²) in [6.07, 6.45) is 7.04. The first-order chi connectivity index (χ1) is 6.92. The molecule has 0 amide bonds. The molecule has 0 saturated heterocycles. The minimum atomic E-state index is -1.06. The molecule has 0 spiro atoms. The van der Waals surface area contributed by atoms with Gasteiger partial charge in [0.2, 0.25) is 0 Å². The van der Waals surface area contributed by atoms with Crippen LogP contribution in [-0.4, -0.2) is 16.6 Å². The van der Waals surface area contributed by atoms with Gasteiger partial charge in [0.25, 0.3) is 0 Å². The smallest absolute Gasteiger partial charge is 0.323 e. The van der Waals surface area contributed by atoms with Gasteiger partial charge in [-0.25, -0.2) is 0 Å². The van der Waals surface area contributed by atoms with E-state index in [9.17, 15) is 4.79 Å². The third-order valence-electron chi connectivity index (χ3n) is 3.47. The summed E-state index contributed by atoms with van der Waals surface area (Å²) in [6.45, 7) is 3.73. The van der Waals surface area contributed by atoms with Gasteiger partial charge < -0.3 is 10.8 Å². The molecule has 3 nitrogen and oxygen atoms in total. The second kappa shape index (κ2) is 4.97. The maximum Gasteiger partial charge on any atom is 0.323 e. The molecule has 1 rings (SSSR count). The lowest BCUT2D eigenvalue weighted by Crippen LogP contribution is -2.46. The van der Waals surface area contributed by atoms with Crippen LogP contribution in [0.15, 0.2) is 0 Å². The van der Waals surface area contributed by atoms with Crippen LogP contribution < -0.4 is 5.73 Å². The van der Waals surface area contributed by atoms with Crippen LogP contribution in [0.25, 0.3) is 0 Å². The fraction of sp³-hybridized carbons (Fsp3) is 0.917. The van der Waals surface area contributed by atoms with Gasteiger partial charge in [-0.15, -0.1) is 0 Å². The molecule has 1 aliphatic rings. The Kier molecular flexibility index (Phi) is 4.14. The van der Waals surface area contributed by atoms with Crippen molar-refractivity contribution in [2.24, 2.45) is 17.6 Å². The van der Waals surface area contributed by atoms with Gasteiger partial charge in [-0.05, 0) is 31.6 Å². The van der Waals surface area contributed by atoms with E-state index in [-0.39, 0.29) is 0 Å². The maximum atomic E-state index is 10.9. The van der Waals surface area contributed by atoms with E-state index in [1.165, 1.54) is 25.7 Å². The summed E-state index contributed by atoms with van der Waals surface area (Å²) in [6, 6.07) is 0. The van der Waals surface area contributed by atoms with Crippen molar-refractivity contribution in [1.82, 2.24) is 0 Å². The number of carbonyl (C=O) groups is 1. The van der Waals surface area contributed by atoms with Gasteiger partial charge in [-0.3, -0.25) is 4.79 Å². The van der Waals surface area contributed by atoms with Gasteiger partial charge in [0.05, 0.1) is 0 Å². The SMILES string of the molecule is CC(CC1CCCC1)CC(C)(N)C(=O)O. The summed E-state index contributed by atoms with van der Waals surface area (Å²) < 4.78 is 0. The van der Waals surface area contributed by atoms with E-state index in [2.05, 4.69) is 6.92 Å². The number of nitrogens with two attached hydrogens (primary N) is 1. The van der Waals surface area contributed by atoms with Crippen molar-refractivity contribution in [3.8, 4) is 0 Å². The van der Waals surface area contributed by atoms with E-state index in [0.29, 0.717) is 12.3 Å². The zero-order valence-corrected chi connectivity index (χ0v) is 9.83. The third-order valence-corrected chi connectivity index (χ3v) is 3.47. The molecular weight excluding hydrogens is 190 g/mol. The first-order valence-electron chi connectivity index (χ1n) is 5.94. The molecule has 3 heteroatoms. The van der Waals surface area contributed by atoms with E-state index in [4.69, 9.17) is 10.8 Å². The van der Waals surface area contributed by atoms with E-state index in [0.717, 1.165) is 12.3 Å². The van der Waals surface area contributed by atoms with Crippen molar-refractivity contribution in [2.45, 2.75) is 57.9 Å². The molecule has 0 radical (unpaired) electrons. The van der Waals surface area contributed by atoms with Gasteiger partial charge in [0, 0.05) is 0 Å². The summed E-state index contributed by atoms with van der Waals surface area (Å²) in [7, 11) is 0. The first-order valence-corrected chi connectivity index (χ1v) is 5.94. The molecule has 0 aromatic rings. The van der Waals surface area contributed by atoms with Crippen molar-refractivity contribution in [1.29, 1.82) is 0 Å². The number of aliphatic carboxylic acids is 1. The molecule has 15 heavy (non-hydrogen) atoms. The first kappa shape index (κ1) is 12.5. The van der Waals surface area contributed by atoms with E-state index in [1.807, 2.05) is 0 Å². The summed E-state index contributed by atoms with van der Waals surface area (Å²) in [4.78, 5) is 10.9. The standard InChI is InChI=1S/C12H23NO2/c1-9(7-10-5-3-4-6-10)8-12(2,13)11(14)15/h9-10H,3-8,13H2,1-2H3,(H,14,15). The molecule has 2 atom stereocenters. The molecule has 1 saturated carbocycles. The Bertz CT molecular complexity index is 220. The Morgan fingerprint density at radius 1 is 1.53 bits per heavy atom. The second-order valence-electron chi connectivity index (χ2n) is 5.42. The van der Waals surface area contributed by atoms with E-state index < -0.39 is 11.5 Å². The lowest BCUT2D eigenvalue weighted by molar-refractivity contribution is -0.143. The third kappa shape index (κ3) is 3.82. The Morgan fingerprint density at radius 2 is 2.07 bits per heavy atom. The molecular formula is C12H23NO2. The fourth-order valence-corrected chi connectivity index (χ4v) is 2.71. The van der Waals surface area contributed by atoms with E-state index >= 15 is 0 Å². The topological polar surface area (TPSA) is 63.3 Å². The molecule has 0 aromatic carbocycles. The zero-order valence-electron chi connectivity index (χ0n) is 9.83. The highest BCUT2D eigenvalue weighted by Crippen LogP contribution is 2.32. The van der Waals surface area contributed by atoms with Crippen LogP contribution in [-0.2, 0) is 4.79 Å². The average Bonchev–Trinajstić information content (AvgIpc) is 2.54. The van der Waals surface area contributed by atoms with E-state index in [1.54, 1.807) is 6.92 Å². The Balaban J connectivity index is 2.34. The summed E-state index contributed by atoms with van der Waals surface area (Å²) >= 11 is 0. The largest absolute Gasteiger partial charge is 0.480 e. The predicted octanol–water partition coefficient (Wildman–Crippen LogP) is 2.39. The highest BCUT2D eigenvalue weighted by atomic mass is 16.4. The Hall–Kier alpha value is -0.570. The fourth-order valence-electron chi connectivity index (χ4n) is 2.71. The van der Waals surface area contributed by atoms with Gasteiger partial charge in [0.1, 0.15) is 5.54 Å². The maximum absolute atomic E-state index is 10.9. The number of hydrogen-bond acceptors (Lipinski definition) is 2. The van der Waals surface area contributed by atoms with Crippen molar-refractivity contribution in [3.05, 3.63) is 0 Å². The Labute approximate surface area is 92.0 Å². The van der Waals surface area contributed by atoms with Crippen molar-refractivity contribution in [2.75, 3.05) is 0 Å². The van der Waals surface area contributed by atoms with Crippen LogP contribution in [0.4, 0.5) is 0 Å². The molecule has 0 heterocycles. The number of carboxylic acids is 1. The minimum Gasteiger partial charge on any atom is -0.480 e. The van der Waals surface area contributed by atoms with Crippen LogP contribution in [0.5, 0.6) is 0 Å². The van der Waals surface area contributed by atoms with Crippen molar-refractivity contribution in [3.63, 3.8) is 0 Å². The van der Waals surface area contributed by atoms with Gasteiger partial charge in [-0.1, -0.05) is 32.6 Å². The highest BCUT2D eigenvalue weighted by Gasteiger charge is 2.30. The van der Waals surface area contributed by atoms with Gasteiger partial charge in [0.15, 0.2) is 0 Å². The molecule has 88 valence electrons. The molecule has 2 unspecified atom stereocenters. The molecule has 0 bridgehead atoms. The number of rotatable bonds is 5.